The number of carbonyl (C=O) groups excluding carboxylic acids is 2. The molecule has 1 aliphatic rings. The first-order valence-corrected chi connectivity index (χ1v) is 5.33. The third-order valence-electron chi connectivity index (χ3n) is 2.36. The highest BCUT2D eigenvalue weighted by molar-refractivity contribution is 5.96. The highest BCUT2D eigenvalue weighted by Crippen LogP contribution is 2.25. The average Bonchev–Trinajstić information content (AvgIpc) is 2.27. The molecule has 0 saturated carbocycles. The summed E-state index contributed by atoms with van der Waals surface area (Å²) in [6.45, 7) is 2.97. The summed E-state index contributed by atoms with van der Waals surface area (Å²) in [7, 11) is 0. The van der Waals surface area contributed by atoms with Gasteiger partial charge in [-0.1, -0.05) is 30.3 Å². The molecule has 90 valence electrons. The summed E-state index contributed by atoms with van der Waals surface area (Å²) >= 11 is 0. The molecule has 4 nitrogen and oxygen atoms in total. The van der Waals surface area contributed by atoms with Crippen LogP contribution in [0, 0.1) is 5.92 Å². The van der Waals surface area contributed by atoms with Gasteiger partial charge in [0.1, 0.15) is 0 Å². The molecule has 1 unspecified atom stereocenters. The van der Waals surface area contributed by atoms with E-state index >= 15 is 0 Å². The molecule has 4 heteroatoms. The molecule has 1 atom stereocenters. The first kappa shape index (κ1) is 10.3. The molecular formula is C13H14O4. The molecule has 1 saturated heterocycles. The van der Waals surface area contributed by atoms with E-state index in [-0.39, 0.29) is 0 Å². The van der Waals surface area contributed by atoms with E-state index < -0.39 is 30.0 Å². The van der Waals surface area contributed by atoms with Gasteiger partial charge < -0.3 is 9.47 Å². The Morgan fingerprint density at radius 1 is 1.18 bits per heavy atom. The fourth-order valence-corrected chi connectivity index (χ4v) is 1.62. The van der Waals surface area contributed by atoms with Gasteiger partial charge in [-0.05, 0) is 12.0 Å². The van der Waals surface area contributed by atoms with Crippen molar-refractivity contribution < 1.29 is 20.4 Å². The van der Waals surface area contributed by atoms with Crippen LogP contribution >= 0.6 is 0 Å². The van der Waals surface area contributed by atoms with Crippen LogP contribution in [0.25, 0.3) is 0 Å². The fraction of sp³-hybridized carbons (Fsp3) is 0.385. The number of hydrogen-bond donors (Lipinski definition) is 0. The van der Waals surface area contributed by atoms with Crippen molar-refractivity contribution >= 4 is 11.9 Å². The molecule has 1 aliphatic heterocycles. The van der Waals surface area contributed by atoms with Crippen molar-refractivity contribution in [1.29, 1.82) is 0 Å². The summed E-state index contributed by atoms with van der Waals surface area (Å²) in [5.41, 5.74) is 0.580. The van der Waals surface area contributed by atoms with Crippen LogP contribution in [0.2, 0.25) is 0 Å². The van der Waals surface area contributed by atoms with Gasteiger partial charge in [-0.3, -0.25) is 9.59 Å². The van der Waals surface area contributed by atoms with Gasteiger partial charge in [0.05, 0.1) is 0 Å². The lowest BCUT2D eigenvalue weighted by Crippen LogP contribution is -2.46. The lowest BCUT2D eigenvalue weighted by Gasteiger charge is -2.32. The van der Waals surface area contributed by atoms with Crippen LogP contribution in [0.1, 0.15) is 20.8 Å². The van der Waals surface area contributed by atoms with Crippen molar-refractivity contribution in [1.82, 2.24) is 0 Å². The molecule has 1 fully saturated rings. The van der Waals surface area contributed by atoms with Gasteiger partial charge >= 0.3 is 11.9 Å². The molecule has 2 rings (SSSR count). The van der Waals surface area contributed by atoms with Gasteiger partial charge in [-0.15, -0.1) is 0 Å². The van der Waals surface area contributed by atoms with Crippen molar-refractivity contribution in [3.63, 3.8) is 0 Å². The largest absolute Gasteiger partial charge is 0.422 e. The Bertz CT molecular complexity index is 449. The van der Waals surface area contributed by atoms with Crippen LogP contribution in [0.5, 0.6) is 0 Å². The summed E-state index contributed by atoms with van der Waals surface area (Å²) in [6.07, 6.45) is -1.01. The predicted molar refractivity (Wildman–Crippen MR) is 59.9 cm³/mol. The van der Waals surface area contributed by atoms with Gasteiger partial charge in [0, 0.05) is 15.2 Å². The van der Waals surface area contributed by atoms with E-state index in [1.165, 1.54) is 13.8 Å². The molecule has 0 spiro atoms. The Morgan fingerprint density at radius 3 is 2.24 bits per heavy atom. The second-order valence-corrected chi connectivity index (χ2v) is 4.30. The topological polar surface area (TPSA) is 52.6 Å². The summed E-state index contributed by atoms with van der Waals surface area (Å²) < 4.78 is 18.0. The number of benzene rings is 1. The van der Waals surface area contributed by atoms with Crippen LogP contribution in [-0.4, -0.2) is 17.7 Å². The zero-order chi connectivity index (χ0) is 13.3. The molecule has 1 heterocycles. The minimum Gasteiger partial charge on any atom is -0.422 e. The van der Waals surface area contributed by atoms with Crippen molar-refractivity contribution in [2.45, 2.75) is 26.0 Å². The number of cyclic esters (lactones) is 2. The molecule has 0 aliphatic carbocycles. The van der Waals surface area contributed by atoms with Crippen molar-refractivity contribution in [2.24, 2.45) is 5.92 Å². The van der Waals surface area contributed by atoms with Crippen LogP contribution in [0.4, 0.5) is 0 Å². The first-order valence-electron chi connectivity index (χ1n) is 5.91. The number of esters is 2. The SMILES string of the molecule is [2H]C(c1ccccc1)C1C(=O)OC(C)(C)OC1=O. The zero-order valence-electron chi connectivity index (χ0n) is 10.7. The summed E-state index contributed by atoms with van der Waals surface area (Å²) in [5, 5.41) is 0. The smallest absolute Gasteiger partial charge is 0.323 e. The Balaban J connectivity index is 2.24. The third kappa shape index (κ3) is 2.64. The summed E-state index contributed by atoms with van der Waals surface area (Å²) in [6, 6.07) is 8.69. The Kier molecular flexibility index (Phi) is 2.55. The van der Waals surface area contributed by atoms with Crippen molar-refractivity contribution in [3.05, 3.63) is 35.9 Å². The van der Waals surface area contributed by atoms with E-state index in [0.717, 1.165) is 0 Å². The van der Waals surface area contributed by atoms with E-state index in [0.29, 0.717) is 5.56 Å². The van der Waals surface area contributed by atoms with Crippen LogP contribution in [-0.2, 0) is 25.5 Å². The van der Waals surface area contributed by atoms with E-state index in [1.807, 2.05) is 0 Å². The number of hydrogen-bond acceptors (Lipinski definition) is 4. The van der Waals surface area contributed by atoms with Gasteiger partial charge in [0.25, 0.3) is 5.79 Å². The normalized spacial score (nSPS) is 22.4. The second kappa shape index (κ2) is 4.20. The van der Waals surface area contributed by atoms with Gasteiger partial charge in [0.15, 0.2) is 5.92 Å². The van der Waals surface area contributed by atoms with Crippen LogP contribution < -0.4 is 0 Å². The molecule has 17 heavy (non-hydrogen) atoms. The number of ether oxygens (including phenoxy) is 2. The van der Waals surface area contributed by atoms with E-state index in [2.05, 4.69) is 0 Å². The Morgan fingerprint density at radius 2 is 1.71 bits per heavy atom. The minimum absolute atomic E-state index is 0.580. The highest BCUT2D eigenvalue weighted by Gasteiger charge is 2.42. The molecule has 0 amide bonds. The molecule has 1 aromatic carbocycles. The molecule has 1 aromatic rings. The highest BCUT2D eigenvalue weighted by atomic mass is 16.7. The third-order valence-corrected chi connectivity index (χ3v) is 2.36. The average molecular weight is 235 g/mol. The van der Waals surface area contributed by atoms with Crippen LogP contribution in [0.3, 0.4) is 0 Å². The minimum atomic E-state index is -1.25. The lowest BCUT2D eigenvalue weighted by atomic mass is 9.98. The van der Waals surface area contributed by atoms with Crippen molar-refractivity contribution in [3.8, 4) is 0 Å². The Hall–Kier alpha value is -1.84. The maximum absolute atomic E-state index is 11.8. The molecule has 0 bridgehead atoms. The monoisotopic (exact) mass is 235 g/mol. The standard InChI is InChI=1S/C13H14O4/c1-13(2)16-11(14)10(12(15)17-13)8-9-6-4-3-5-7-9/h3-7,10H,8H2,1-2H3/i8D. The van der Waals surface area contributed by atoms with E-state index in [4.69, 9.17) is 10.8 Å². The predicted octanol–water partition coefficient (Wildman–Crippen LogP) is 1.68. The lowest BCUT2D eigenvalue weighted by molar-refractivity contribution is -0.239. The molecular weight excluding hydrogens is 220 g/mol. The molecule has 0 radical (unpaired) electrons. The molecule has 0 aromatic heterocycles. The summed E-state index contributed by atoms with van der Waals surface area (Å²) in [4.78, 5) is 23.6. The first-order chi connectivity index (χ1) is 8.41. The van der Waals surface area contributed by atoms with Gasteiger partial charge in [0.2, 0.25) is 0 Å². The number of rotatable bonds is 2. The van der Waals surface area contributed by atoms with Gasteiger partial charge in [-0.25, -0.2) is 0 Å². The molecule has 0 N–H and O–H groups in total. The Labute approximate surface area is 101 Å². The second-order valence-electron chi connectivity index (χ2n) is 4.30. The van der Waals surface area contributed by atoms with E-state index in [9.17, 15) is 9.59 Å². The summed E-state index contributed by atoms with van der Waals surface area (Å²) in [5.74, 6) is -3.89. The number of carbonyl (C=O) groups is 2. The van der Waals surface area contributed by atoms with Crippen molar-refractivity contribution in [2.75, 3.05) is 0 Å². The quantitative estimate of drug-likeness (QED) is 0.578. The fourth-order valence-electron chi connectivity index (χ4n) is 1.62. The maximum Gasteiger partial charge on any atom is 0.323 e. The zero-order valence-corrected chi connectivity index (χ0v) is 9.67. The van der Waals surface area contributed by atoms with Gasteiger partial charge in [-0.2, -0.15) is 0 Å². The van der Waals surface area contributed by atoms with E-state index in [1.54, 1.807) is 30.3 Å². The van der Waals surface area contributed by atoms with Crippen LogP contribution in [0.15, 0.2) is 30.3 Å². The maximum atomic E-state index is 11.8.